The highest BCUT2D eigenvalue weighted by Gasteiger charge is 2.20. The molecule has 0 aliphatic carbocycles. The maximum atomic E-state index is 13.3. The molecule has 0 spiro atoms. The molecule has 2 heterocycles. The first-order valence-corrected chi connectivity index (χ1v) is 4.52. The van der Waals surface area contributed by atoms with Crippen LogP contribution in [0.5, 0.6) is 0 Å². The van der Waals surface area contributed by atoms with Crippen molar-refractivity contribution in [1.29, 1.82) is 0 Å². The van der Waals surface area contributed by atoms with E-state index in [1.165, 1.54) is 36.3 Å². The van der Waals surface area contributed by atoms with Crippen molar-refractivity contribution >= 4 is 0 Å². The van der Waals surface area contributed by atoms with Gasteiger partial charge < -0.3 is 0 Å². The van der Waals surface area contributed by atoms with Crippen molar-refractivity contribution in [2.75, 3.05) is 0 Å². The van der Waals surface area contributed by atoms with E-state index >= 15 is 0 Å². The third-order valence-corrected chi connectivity index (χ3v) is 2.11. The molecule has 0 aliphatic rings. The Kier molecular flexibility index (Phi) is 2.64. The summed E-state index contributed by atoms with van der Waals surface area (Å²) in [6.45, 7) is 0. The number of rotatable bonds is 2. The number of hydrogen-bond donors (Lipinski definition) is 0. The van der Waals surface area contributed by atoms with E-state index in [2.05, 4.69) is 10.1 Å². The molecule has 84 valence electrons. The predicted molar refractivity (Wildman–Crippen MR) is 51.4 cm³/mol. The lowest BCUT2D eigenvalue weighted by molar-refractivity contribution is 0.152. The molecule has 2 rings (SSSR count). The molecule has 6 heteroatoms. The summed E-state index contributed by atoms with van der Waals surface area (Å²) in [5.41, 5.74) is -0.379. The molecular weight excluding hydrogens is 219 g/mol. The SMILES string of the molecule is Cn1cc(C(F)F)c(-c2cccnc2F)n1. The quantitative estimate of drug-likeness (QED) is 0.738. The van der Waals surface area contributed by atoms with E-state index < -0.39 is 12.4 Å². The second kappa shape index (κ2) is 3.96. The van der Waals surface area contributed by atoms with Crippen LogP contribution < -0.4 is 0 Å². The van der Waals surface area contributed by atoms with Crippen molar-refractivity contribution in [2.24, 2.45) is 7.05 Å². The van der Waals surface area contributed by atoms with E-state index in [1.54, 1.807) is 0 Å². The van der Waals surface area contributed by atoms with Gasteiger partial charge in [0.2, 0.25) is 5.95 Å². The van der Waals surface area contributed by atoms with Crippen LogP contribution in [0, 0.1) is 5.95 Å². The predicted octanol–water partition coefficient (Wildman–Crippen LogP) is 2.56. The van der Waals surface area contributed by atoms with Gasteiger partial charge in [0.25, 0.3) is 6.43 Å². The minimum atomic E-state index is -2.69. The molecule has 2 aromatic heterocycles. The molecule has 0 aliphatic heterocycles. The number of aryl methyl sites for hydroxylation is 1. The number of hydrogen-bond acceptors (Lipinski definition) is 2. The monoisotopic (exact) mass is 227 g/mol. The summed E-state index contributed by atoms with van der Waals surface area (Å²) >= 11 is 0. The average Bonchev–Trinajstić information content (AvgIpc) is 2.61. The van der Waals surface area contributed by atoms with Gasteiger partial charge in [-0.1, -0.05) is 0 Å². The summed E-state index contributed by atoms with van der Waals surface area (Å²) in [6, 6.07) is 2.85. The smallest absolute Gasteiger partial charge is 0.267 e. The molecule has 2 aromatic rings. The van der Waals surface area contributed by atoms with Gasteiger partial charge in [-0.25, -0.2) is 13.8 Å². The van der Waals surface area contributed by atoms with E-state index in [0.717, 1.165) is 0 Å². The molecule has 0 radical (unpaired) electrons. The molecule has 0 saturated heterocycles. The van der Waals surface area contributed by atoms with Gasteiger partial charge >= 0.3 is 0 Å². The van der Waals surface area contributed by atoms with Crippen LogP contribution in [0.25, 0.3) is 11.3 Å². The highest BCUT2D eigenvalue weighted by Crippen LogP contribution is 2.30. The Bertz CT molecular complexity index is 508. The van der Waals surface area contributed by atoms with Crippen LogP contribution in [-0.2, 0) is 7.05 Å². The first kappa shape index (κ1) is 10.7. The average molecular weight is 227 g/mol. The topological polar surface area (TPSA) is 30.7 Å². The van der Waals surface area contributed by atoms with E-state index in [-0.39, 0.29) is 16.8 Å². The molecule has 0 fully saturated rings. The summed E-state index contributed by atoms with van der Waals surface area (Å²) in [4.78, 5) is 3.40. The highest BCUT2D eigenvalue weighted by atomic mass is 19.3. The molecule has 0 bridgehead atoms. The fourth-order valence-electron chi connectivity index (χ4n) is 1.44. The molecule has 0 saturated carbocycles. The van der Waals surface area contributed by atoms with Gasteiger partial charge in [0.1, 0.15) is 5.69 Å². The Hall–Kier alpha value is -1.85. The van der Waals surface area contributed by atoms with Crippen molar-refractivity contribution in [1.82, 2.24) is 14.8 Å². The van der Waals surface area contributed by atoms with Crippen molar-refractivity contribution in [3.8, 4) is 11.3 Å². The van der Waals surface area contributed by atoms with Crippen molar-refractivity contribution < 1.29 is 13.2 Å². The standard InChI is InChI=1S/C10H8F3N3/c1-16-5-7(9(11)12)8(15-16)6-3-2-4-14-10(6)13/h2-5,9H,1H3. The summed E-state index contributed by atoms with van der Waals surface area (Å²) in [5.74, 6) is -0.803. The highest BCUT2D eigenvalue weighted by molar-refractivity contribution is 5.62. The third-order valence-electron chi connectivity index (χ3n) is 2.11. The zero-order valence-electron chi connectivity index (χ0n) is 8.36. The second-order valence-electron chi connectivity index (χ2n) is 3.25. The van der Waals surface area contributed by atoms with Crippen LogP contribution in [0.1, 0.15) is 12.0 Å². The van der Waals surface area contributed by atoms with Crippen LogP contribution in [0.4, 0.5) is 13.2 Å². The maximum Gasteiger partial charge on any atom is 0.267 e. The van der Waals surface area contributed by atoms with Gasteiger partial charge in [0, 0.05) is 19.4 Å². The van der Waals surface area contributed by atoms with Gasteiger partial charge in [-0.2, -0.15) is 9.49 Å². The van der Waals surface area contributed by atoms with Crippen LogP contribution in [0.3, 0.4) is 0 Å². The van der Waals surface area contributed by atoms with Gasteiger partial charge in [-0.3, -0.25) is 4.68 Å². The number of alkyl halides is 2. The normalized spacial score (nSPS) is 11.1. The zero-order valence-corrected chi connectivity index (χ0v) is 8.36. The number of halogens is 3. The van der Waals surface area contributed by atoms with Crippen LogP contribution >= 0.6 is 0 Å². The molecular formula is C10H8F3N3. The lowest BCUT2D eigenvalue weighted by atomic mass is 10.1. The Labute approximate surface area is 89.5 Å². The molecule has 0 aromatic carbocycles. The largest absolute Gasteiger partial charge is 0.275 e. The summed E-state index contributed by atoms with van der Waals surface area (Å²) in [5, 5.41) is 3.82. The van der Waals surface area contributed by atoms with E-state index in [9.17, 15) is 13.2 Å². The molecule has 0 N–H and O–H groups in total. The Morgan fingerprint density at radius 3 is 2.75 bits per heavy atom. The maximum absolute atomic E-state index is 13.3. The second-order valence-corrected chi connectivity index (χ2v) is 3.25. The van der Waals surface area contributed by atoms with Crippen molar-refractivity contribution in [3.63, 3.8) is 0 Å². The lowest BCUT2D eigenvalue weighted by Crippen LogP contribution is -1.93. The van der Waals surface area contributed by atoms with Crippen LogP contribution in [0.2, 0.25) is 0 Å². The zero-order chi connectivity index (χ0) is 11.7. The lowest BCUT2D eigenvalue weighted by Gasteiger charge is -2.01. The fourth-order valence-corrected chi connectivity index (χ4v) is 1.44. The molecule has 16 heavy (non-hydrogen) atoms. The summed E-state index contributed by atoms with van der Waals surface area (Å²) in [6.07, 6.45) is -0.265. The minimum Gasteiger partial charge on any atom is -0.275 e. The van der Waals surface area contributed by atoms with E-state index in [1.807, 2.05) is 0 Å². The Morgan fingerprint density at radius 1 is 1.38 bits per heavy atom. The minimum absolute atomic E-state index is 0.0154. The Balaban J connectivity index is 2.60. The van der Waals surface area contributed by atoms with Crippen LogP contribution in [-0.4, -0.2) is 14.8 Å². The van der Waals surface area contributed by atoms with Crippen LogP contribution in [0.15, 0.2) is 24.5 Å². The molecule has 0 unspecified atom stereocenters. The van der Waals surface area contributed by atoms with E-state index in [0.29, 0.717) is 0 Å². The third kappa shape index (κ3) is 1.78. The van der Waals surface area contributed by atoms with Crippen molar-refractivity contribution in [3.05, 3.63) is 36.0 Å². The van der Waals surface area contributed by atoms with Gasteiger partial charge in [-0.15, -0.1) is 0 Å². The number of aromatic nitrogens is 3. The molecule has 0 atom stereocenters. The first-order valence-electron chi connectivity index (χ1n) is 4.52. The number of nitrogens with zero attached hydrogens (tertiary/aromatic N) is 3. The molecule has 0 amide bonds. The van der Waals surface area contributed by atoms with Gasteiger partial charge in [0.05, 0.1) is 11.1 Å². The van der Waals surface area contributed by atoms with Gasteiger partial charge in [-0.05, 0) is 12.1 Å². The Morgan fingerprint density at radius 2 is 2.12 bits per heavy atom. The molecule has 3 nitrogen and oxygen atoms in total. The first-order chi connectivity index (χ1) is 7.59. The summed E-state index contributed by atoms with van der Waals surface area (Å²) < 4.78 is 39.9. The fraction of sp³-hybridized carbons (Fsp3) is 0.200. The number of pyridine rings is 1. The summed E-state index contributed by atoms with van der Waals surface area (Å²) in [7, 11) is 1.50. The van der Waals surface area contributed by atoms with E-state index in [4.69, 9.17) is 0 Å². The van der Waals surface area contributed by atoms with Crippen molar-refractivity contribution in [2.45, 2.75) is 6.43 Å². The van der Waals surface area contributed by atoms with Gasteiger partial charge in [0.15, 0.2) is 0 Å².